The molecule has 0 radical (unpaired) electrons. The van der Waals surface area contributed by atoms with Crippen molar-refractivity contribution < 1.29 is 18.3 Å². The number of para-hydroxylation sites is 1. The summed E-state index contributed by atoms with van der Waals surface area (Å²) in [7, 11) is 0. The van der Waals surface area contributed by atoms with Crippen LogP contribution in [0.1, 0.15) is 5.56 Å². The Kier molecular flexibility index (Phi) is 3.41. The van der Waals surface area contributed by atoms with E-state index in [1.165, 1.54) is 18.2 Å². The standard InChI is InChI=1S/C13H10F3NO/c14-9-4-8(5-10(18)6-9)7-17-13-11(15)2-1-3-12(13)16/h1-6,17-18H,7H2. The van der Waals surface area contributed by atoms with E-state index in [4.69, 9.17) is 0 Å². The fourth-order valence-electron chi connectivity index (χ4n) is 1.59. The molecular weight excluding hydrogens is 243 g/mol. The Bertz CT molecular complexity index is 532. The second-order valence-corrected chi connectivity index (χ2v) is 3.77. The Labute approximate surface area is 102 Å². The first kappa shape index (κ1) is 12.3. The van der Waals surface area contributed by atoms with E-state index in [1.54, 1.807) is 0 Å². The number of phenols is 1. The van der Waals surface area contributed by atoms with E-state index in [0.29, 0.717) is 5.56 Å². The van der Waals surface area contributed by atoms with Crippen molar-refractivity contribution in [2.75, 3.05) is 5.32 Å². The van der Waals surface area contributed by atoms with Crippen molar-refractivity contribution in [3.63, 3.8) is 0 Å². The lowest BCUT2D eigenvalue weighted by atomic mass is 10.2. The van der Waals surface area contributed by atoms with Crippen molar-refractivity contribution in [1.82, 2.24) is 0 Å². The Morgan fingerprint density at radius 2 is 1.67 bits per heavy atom. The smallest absolute Gasteiger partial charge is 0.149 e. The molecule has 2 aromatic rings. The highest BCUT2D eigenvalue weighted by molar-refractivity contribution is 5.46. The first-order valence-electron chi connectivity index (χ1n) is 5.22. The van der Waals surface area contributed by atoms with Gasteiger partial charge in [0, 0.05) is 12.6 Å². The topological polar surface area (TPSA) is 32.3 Å². The number of anilines is 1. The first-order chi connectivity index (χ1) is 8.56. The maximum atomic E-state index is 13.3. The Morgan fingerprint density at radius 1 is 1.00 bits per heavy atom. The number of hydrogen-bond donors (Lipinski definition) is 2. The van der Waals surface area contributed by atoms with E-state index in [1.807, 2.05) is 0 Å². The predicted molar refractivity (Wildman–Crippen MR) is 61.7 cm³/mol. The summed E-state index contributed by atoms with van der Waals surface area (Å²) in [5.41, 5.74) is 0.108. The molecule has 2 rings (SSSR count). The van der Waals surface area contributed by atoms with Crippen LogP contribution in [0.2, 0.25) is 0 Å². The number of nitrogens with one attached hydrogen (secondary N) is 1. The average molecular weight is 253 g/mol. The van der Waals surface area contributed by atoms with Crippen LogP contribution < -0.4 is 5.32 Å². The molecule has 0 saturated heterocycles. The van der Waals surface area contributed by atoms with Crippen LogP contribution in [0.5, 0.6) is 5.75 Å². The zero-order valence-corrected chi connectivity index (χ0v) is 9.25. The highest BCUT2D eigenvalue weighted by Gasteiger charge is 2.08. The van der Waals surface area contributed by atoms with E-state index in [9.17, 15) is 18.3 Å². The fourth-order valence-corrected chi connectivity index (χ4v) is 1.59. The number of phenolic OH excluding ortho intramolecular Hbond substituents is 1. The normalized spacial score (nSPS) is 10.4. The van der Waals surface area contributed by atoms with Crippen molar-refractivity contribution in [3.8, 4) is 5.75 Å². The van der Waals surface area contributed by atoms with Crippen LogP contribution in [0.3, 0.4) is 0 Å². The largest absolute Gasteiger partial charge is 0.508 e. The third-order valence-electron chi connectivity index (χ3n) is 2.37. The van der Waals surface area contributed by atoms with Gasteiger partial charge in [0.2, 0.25) is 0 Å². The molecule has 0 aromatic heterocycles. The maximum absolute atomic E-state index is 13.3. The molecule has 5 heteroatoms. The molecule has 0 unspecified atom stereocenters. The Balaban J connectivity index is 2.16. The molecule has 0 spiro atoms. The van der Waals surface area contributed by atoms with Crippen LogP contribution in [-0.4, -0.2) is 5.11 Å². The fraction of sp³-hybridized carbons (Fsp3) is 0.0769. The van der Waals surface area contributed by atoms with Gasteiger partial charge in [-0.1, -0.05) is 6.07 Å². The molecule has 2 N–H and O–H groups in total. The Morgan fingerprint density at radius 3 is 2.28 bits per heavy atom. The summed E-state index contributed by atoms with van der Waals surface area (Å²) < 4.78 is 39.5. The maximum Gasteiger partial charge on any atom is 0.149 e. The predicted octanol–water partition coefficient (Wildman–Crippen LogP) is 3.42. The second kappa shape index (κ2) is 5.00. The number of halogens is 3. The van der Waals surface area contributed by atoms with Crippen molar-refractivity contribution >= 4 is 5.69 Å². The molecule has 0 fully saturated rings. The van der Waals surface area contributed by atoms with Gasteiger partial charge in [-0.25, -0.2) is 13.2 Å². The molecule has 0 aliphatic heterocycles. The third kappa shape index (κ3) is 2.74. The summed E-state index contributed by atoms with van der Waals surface area (Å²) in [6.45, 7) is 0.00315. The molecule has 0 amide bonds. The van der Waals surface area contributed by atoms with Gasteiger partial charge in [-0.05, 0) is 29.8 Å². The van der Waals surface area contributed by atoms with Crippen LogP contribution >= 0.6 is 0 Å². The number of rotatable bonds is 3. The lowest BCUT2D eigenvalue weighted by molar-refractivity contribution is 0.468. The first-order valence-corrected chi connectivity index (χ1v) is 5.22. The quantitative estimate of drug-likeness (QED) is 0.878. The minimum Gasteiger partial charge on any atom is -0.508 e. The lowest BCUT2D eigenvalue weighted by Crippen LogP contribution is -2.04. The zero-order chi connectivity index (χ0) is 13.1. The summed E-state index contributed by atoms with van der Waals surface area (Å²) in [5.74, 6) is -2.30. The van der Waals surface area contributed by atoms with E-state index < -0.39 is 17.5 Å². The van der Waals surface area contributed by atoms with Crippen molar-refractivity contribution in [2.24, 2.45) is 0 Å². The van der Waals surface area contributed by atoms with Gasteiger partial charge in [-0.15, -0.1) is 0 Å². The van der Waals surface area contributed by atoms with Gasteiger partial charge in [-0.2, -0.15) is 0 Å². The van der Waals surface area contributed by atoms with Crippen molar-refractivity contribution in [1.29, 1.82) is 0 Å². The molecule has 0 heterocycles. The number of benzene rings is 2. The number of aromatic hydroxyl groups is 1. The van der Waals surface area contributed by atoms with Crippen LogP contribution in [0, 0.1) is 17.5 Å². The summed E-state index contributed by atoms with van der Waals surface area (Å²) in [6.07, 6.45) is 0. The van der Waals surface area contributed by atoms with Crippen LogP contribution in [0.25, 0.3) is 0 Å². The highest BCUT2D eigenvalue weighted by Crippen LogP contribution is 2.20. The minimum atomic E-state index is -0.726. The van der Waals surface area contributed by atoms with Gasteiger partial charge in [0.1, 0.15) is 28.9 Å². The number of hydrogen-bond acceptors (Lipinski definition) is 2. The summed E-state index contributed by atoms with van der Waals surface area (Å²) in [6, 6.07) is 6.93. The van der Waals surface area contributed by atoms with E-state index >= 15 is 0 Å². The average Bonchev–Trinajstić information content (AvgIpc) is 2.27. The second-order valence-electron chi connectivity index (χ2n) is 3.77. The molecule has 0 aliphatic carbocycles. The van der Waals surface area contributed by atoms with Crippen LogP contribution in [0.15, 0.2) is 36.4 Å². The zero-order valence-electron chi connectivity index (χ0n) is 9.25. The summed E-state index contributed by atoms with van der Waals surface area (Å²) in [5, 5.41) is 11.7. The van der Waals surface area contributed by atoms with Gasteiger partial charge in [0.25, 0.3) is 0 Å². The molecule has 0 aliphatic rings. The van der Waals surface area contributed by atoms with Crippen LogP contribution in [0.4, 0.5) is 18.9 Å². The van der Waals surface area contributed by atoms with Crippen molar-refractivity contribution in [2.45, 2.75) is 6.54 Å². The lowest BCUT2D eigenvalue weighted by Gasteiger charge is -2.09. The van der Waals surface area contributed by atoms with E-state index in [-0.39, 0.29) is 18.0 Å². The van der Waals surface area contributed by atoms with Gasteiger partial charge < -0.3 is 10.4 Å². The molecule has 18 heavy (non-hydrogen) atoms. The van der Waals surface area contributed by atoms with Gasteiger partial charge in [-0.3, -0.25) is 0 Å². The SMILES string of the molecule is Oc1cc(F)cc(CNc2c(F)cccc2F)c1. The molecular formula is C13H10F3NO. The molecule has 94 valence electrons. The molecule has 0 saturated carbocycles. The highest BCUT2D eigenvalue weighted by atomic mass is 19.1. The van der Waals surface area contributed by atoms with E-state index in [0.717, 1.165) is 18.2 Å². The monoisotopic (exact) mass is 253 g/mol. The summed E-state index contributed by atoms with van der Waals surface area (Å²) in [4.78, 5) is 0. The van der Waals surface area contributed by atoms with Gasteiger partial charge in [0.15, 0.2) is 0 Å². The molecule has 2 nitrogen and oxygen atoms in total. The minimum absolute atomic E-state index is 0.00315. The molecule has 0 atom stereocenters. The van der Waals surface area contributed by atoms with Crippen molar-refractivity contribution in [3.05, 3.63) is 59.4 Å². The van der Waals surface area contributed by atoms with E-state index in [2.05, 4.69) is 5.32 Å². The molecule has 2 aromatic carbocycles. The van der Waals surface area contributed by atoms with Gasteiger partial charge >= 0.3 is 0 Å². The third-order valence-corrected chi connectivity index (χ3v) is 2.37. The van der Waals surface area contributed by atoms with Crippen LogP contribution in [-0.2, 0) is 6.54 Å². The summed E-state index contributed by atoms with van der Waals surface area (Å²) >= 11 is 0. The molecule has 0 bridgehead atoms. The Hall–Kier alpha value is -2.17. The van der Waals surface area contributed by atoms with Gasteiger partial charge in [0.05, 0.1) is 0 Å².